The van der Waals surface area contributed by atoms with Crippen LogP contribution in [0, 0.1) is 0 Å². The Labute approximate surface area is 89.4 Å². The van der Waals surface area contributed by atoms with Gasteiger partial charge in [-0.05, 0) is 30.7 Å². The molecule has 0 bridgehead atoms. The zero-order chi connectivity index (χ0) is 10.3. The van der Waals surface area contributed by atoms with Crippen molar-refractivity contribution in [2.45, 2.75) is 6.92 Å². The van der Waals surface area contributed by atoms with Gasteiger partial charge in [0.25, 0.3) is 0 Å². The molecule has 0 aliphatic carbocycles. The minimum absolute atomic E-state index is 1.23. The minimum atomic E-state index is 1.23. The van der Waals surface area contributed by atoms with Crippen LogP contribution in [-0.4, -0.2) is 5.01 Å². The summed E-state index contributed by atoms with van der Waals surface area (Å²) < 4.78 is 0. The molecule has 2 aliphatic heterocycles. The Morgan fingerprint density at radius 2 is 1.80 bits per heavy atom. The van der Waals surface area contributed by atoms with Crippen LogP contribution in [0.25, 0.3) is 5.57 Å². The van der Waals surface area contributed by atoms with Gasteiger partial charge in [0.1, 0.15) is 0 Å². The van der Waals surface area contributed by atoms with Crippen molar-refractivity contribution in [1.29, 1.82) is 0 Å². The number of hydrogen-bond acceptors (Lipinski definition) is 2. The lowest BCUT2D eigenvalue weighted by Crippen LogP contribution is -2.34. The van der Waals surface area contributed by atoms with E-state index in [4.69, 9.17) is 0 Å². The molecule has 0 atom stereocenters. The fourth-order valence-electron chi connectivity index (χ4n) is 2.00. The van der Waals surface area contributed by atoms with Gasteiger partial charge in [0, 0.05) is 24.2 Å². The number of hydrazine groups is 1. The first-order valence-electron chi connectivity index (χ1n) is 5.06. The molecule has 3 rings (SSSR count). The summed E-state index contributed by atoms with van der Waals surface area (Å²) >= 11 is 0. The average molecular weight is 196 g/mol. The molecule has 1 aromatic rings. The van der Waals surface area contributed by atoms with Crippen LogP contribution in [0.1, 0.15) is 12.5 Å². The quantitative estimate of drug-likeness (QED) is 0.629. The zero-order valence-corrected chi connectivity index (χ0v) is 8.59. The molecule has 2 aliphatic rings. The molecule has 0 N–H and O–H groups in total. The highest BCUT2D eigenvalue weighted by atomic mass is 15.6. The molecular formula is C13H12N2. The van der Waals surface area contributed by atoms with Crippen molar-refractivity contribution in [3.05, 3.63) is 60.6 Å². The van der Waals surface area contributed by atoms with Crippen LogP contribution in [-0.2, 0) is 0 Å². The van der Waals surface area contributed by atoms with E-state index >= 15 is 0 Å². The van der Waals surface area contributed by atoms with E-state index in [0.29, 0.717) is 0 Å². The van der Waals surface area contributed by atoms with Crippen molar-refractivity contribution < 1.29 is 0 Å². The fourth-order valence-corrected chi connectivity index (χ4v) is 2.00. The molecule has 2 heterocycles. The van der Waals surface area contributed by atoms with Crippen LogP contribution in [0.15, 0.2) is 55.0 Å². The lowest BCUT2D eigenvalue weighted by Gasteiger charge is -2.37. The second-order valence-electron chi connectivity index (χ2n) is 3.74. The van der Waals surface area contributed by atoms with Crippen molar-refractivity contribution in [3.63, 3.8) is 0 Å². The number of fused-ring (bicyclic) bond motifs is 3. The second kappa shape index (κ2) is 3.02. The molecule has 0 saturated heterocycles. The van der Waals surface area contributed by atoms with Gasteiger partial charge >= 0.3 is 0 Å². The number of para-hydroxylation sites is 1. The lowest BCUT2D eigenvalue weighted by molar-refractivity contribution is 0.502. The maximum atomic E-state index is 2.16. The SMILES string of the molecule is CC1=CN2C=CC=CN2c2ccccc21. The van der Waals surface area contributed by atoms with Crippen molar-refractivity contribution in [1.82, 2.24) is 5.01 Å². The van der Waals surface area contributed by atoms with Crippen LogP contribution in [0.5, 0.6) is 0 Å². The predicted molar refractivity (Wildman–Crippen MR) is 62.7 cm³/mol. The number of allylic oxidation sites excluding steroid dienone is 3. The molecule has 74 valence electrons. The highest BCUT2D eigenvalue weighted by Crippen LogP contribution is 2.34. The molecule has 0 spiro atoms. The van der Waals surface area contributed by atoms with E-state index in [2.05, 4.69) is 59.8 Å². The van der Waals surface area contributed by atoms with Gasteiger partial charge in [-0.25, -0.2) is 0 Å². The highest BCUT2D eigenvalue weighted by Gasteiger charge is 2.19. The molecule has 0 amide bonds. The van der Waals surface area contributed by atoms with Gasteiger partial charge in [0.2, 0.25) is 0 Å². The summed E-state index contributed by atoms with van der Waals surface area (Å²) in [7, 11) is 0. The van der Waals surface area contributed by atoms with E-state index in [1.165, 1.54) is 16.8 Å². The van der Waals surface area contributed by atoms with Crippen molar-refractivity contribution in [2.75, 3.05) is 5.01 Å². The van der Waals surface area contributed by atoms with Gasteiger partial charge in [0.15, 0.2) is 0 Å². The summed E-state index contributed by atoms with van der Waals surface area (Å²) in [6.45, 7) is 2.14. The Hall–Kier alpha value is -1.96. The van der Waals surface area contributed by atoms with Gasteiger partial charge in [-0.1, -0.05) is 18.2 Å². The van der Waals surface area contributed by atoms with Gasteiger partial charge < -0.3 is 0 Å². The third-order valence-electron chi connectivity index (χ3n) is 2.73. The smallest absolute Gasteiger partial charge is 0.0704 e. The molecule has 0 saturated carbocycles. The lowest BCUT2D eigenvalue weighted by atomic mass is 10.0. The van der Waals surface area contributed by atoms with Crippen LogP contribution in [0.2, 0.25) is 0 Å². The Bertz CT molecular complexity index is 483. The Kier molecular flexibility index (Phi) is 1.68. The van der Waals surface area contributed by atoms with Crippen LogP contribution >= 0.6 is 0 Å². The summed E-state index contributed by atoms with van der Waals surface area (Å²) in [5.41, 5.74) is 3.83. The van der Waals surface area contributed by atoms with E-state index in [1.54, 1.807) is 0 Å². The summed E-state index contributed by atoms with van der Waals surface area (Å²) in [5, 5.41) is 4.24. The molecule has 2 heteroatoms. The van der Waals surface area contributed by atoms with E-state index in [-0.39, 0.29) is 0 Å². The van der Waals surface area contributed by atoms with Gasteiger partial charge in [-0.15, -0.1) is 0 Å². The molecular weight excluding hydrogens is 184 g/mol. The minimum Gasteiger partial charge on any atom is -0.264 e. The Balaban J connectivity index is 2.20. The van der Waals surface area contributed by atoms with E-state index in [9.17, 15) is 0 Å². The summed E-state index contributed by atoms with van der Waals surface area (Å²) in [5.74, 6) is 0. The fraction of sp³-hybridized carbons (Fsp3) is 0.0769. The van der Waals surface area contributed by atoms with E-state index in [1.807, 2.05) is 12.2 Å². The average Bonchev–Trinajstić information content (AvgIpc) is 2.30. The largest absolute Gasteiger partial charge is 0.264 e. The first-order valence-corrected chi connectivity index (χ1v) is 5.06. The molecule has 0 aromatic heterocycles. The molecule has 15 heavy (non-hydrogen) atoms. The summed E-state index contributed by atoms with van der Waals surface area (Å²) in [6, 6.07) is 8.45. The Morgan fingerprint density at radius 3 is 2.73 bits per heavy atom. The molecule has 0 unspecified atom stereocenters. The Morgan fingerprint density at radius 1 is 1.00 bits per heavy atom. The van der Waals surface area contributed by atoms with Crippen LogP contribution in [0.3, 0.4) is 0 Å². The first kappa shape index (κ1) is 8.36. The van der Waals surface area contributed by atoms with Crippen molar-refractivity contribution in [3.8, 4) is 0 Å². The topological polar surface area (TPSA) is 6.48 Å². The highest BCUT2D eigenvalue weighted by molar-refractivity contribution is 5.79. The van der Waals surface area contributed by atoms with Crippen LogP contribution in [0.4, 0.5) is 5.69 Å². The number of hydrogen-bond donors (Lipinski definition) is 0. The van der Waals surface area contributed by atoms with Gasteiger partial charge in [-0.3, -0.25) is 10.0 Å². The second-order valence-corrected chi connectivity index (χ2v) is 3.74. The normalized spacial score (nSPS) is 17.3. The predicted octanol–water partition coefficient (Wildman–Crippen LogP) is 3.13. The summed E-state index contributed by atoms with van der Waals surface area (Å²) in [6.07, 6.45) is 10.3. The third-order valence-corrected chi connectivity index (χ3v) is 2.73. The standard InChI is InChI=1S/C13H12N2/c1-11-10-14-8-4-5-9-15(14)13-7-3-2-6-12(11)13/h2-10H,1H3. The zero-order valence-electron chi connectivity index (χ0n) is 8.59. The van der Waals surface area contributed by atoms with Gasteiger partial charge in [0.05, 0.1) is 5.69 Å². The molecule has 0 radical (unpaired) electrons. The molecule has 2 nitrogen and oxygen atoms in total. The number of benzene rings is 1. The van der Waals surface area contributed by atoms with Crippen molar-refractivity contribution >= 4 is 11.3 Å². The third kappa shape index (κ3) is 1.18. The molecule has 0 fully saturated rings. The van der Waals surface area contributed by atoms with Crippen LogP contribution < -0.4 is 5.01 Å². The maximum Gasteiger partial charge on any atom is 0.0704 e. The van der Waals surface area contributed by atoms with E-state index in [0.717, 1.165) is 0 Å². The molecule has 1 aromatic carbocycles. The number of nitrogens with zero attached hydrogens (tertiary/aromatic N) is 2. The monoisotopic (exact) mass is 196 g/mol. The number of anilines is 1. The maximum absolute atomic E-state index is 2.16. The van der Waals surface area contributed by atoms with E-state index < -0.39 is 0 Å². The number of rotatable bonds is 0. The van der Waals surface area contributed by atoms with Crippen molar-refractivity contribution in [2.24, 2.45) is 0 Å². The summed E-state index contributed by atoms with van der Waals surface area (Å²) in [4.78, 5) is 0. The van der Waals surface area contributed by atoms with Gasteiger partial charge in [-0.2, -0.15) is 0 Å². The first-order chi connectivity index (χ1) is 7.36.